The molecular weight excluding hydrogens is 376 g/mol. The molecule has 0 fully saturated rings. The summed E-state index contributed by atoms with van der Waals surface area (Å²) in [6, 6.07) is 25.1. The molecule has 0 bridgehead atoms. The Labute approximate surface area is 173 Å². The molecule has 0 saturated carbocycles. The van der Waals surface area contributed by atoms with Crippen LogP contribution in [0.5, 0.6) is 0 Å². The summed E-state index contributed by atoms with van der Waals surface area (Å²) in [5.41, 5.74) is 8.99. The molecule has 29 heavy (non-hydrogen) atoms. The van der Waals surface area contributed by atoms with Crippen LogP contribution >= 0.6 is 11.3 Å². The first-order chi connectivity index (χ1) is 14.3. The van der Waals surface area contributed by atoms with Crippen LogP contribution in [0.3, 0.4) is 0 Å². The quantitative estimate of drug-likeness (QED) is 0.290. The van der Waals surface area contributed by atoms with Crippen molar-refractivity contribution in [2.45, 2.75) is 13.5 Å². The third kappa shape index (κ3) is 3.52. The first kappa shape index (κ1) is 17.6. The highest BCUT2D eigenvalue weighted by atomic mass is 32.1. The van der Waals surface area contributed by atoms with Gasteiger partial charge in [-0.2, -0.15) is 5.10 Å². The van der Waals surface area contributed by atoms with E-state index in [0.717, 1.165) is 27.5 Å². The molecule has 5 aromatic rings. The molecule has 142 valence electrons. The maximum absolute atomic E-state index is 4.57. The van der Waals surface area contributed by atoms with Crippen molar-refractivity contribution in [1.29, 1.82) is 0 Å². The molecule has 2 heterocycles. The lowest BCUT2D eigenvalue weighted by molar-refractivity contribution is 0.830. The van der Waals surface area contributed by atoms with E-state index < -0.39 is 0 Å². The van der Waals surface area contributed by atoms with Gasteiger partial charge in [0.2, 0.25) is 5.13 Å². The number of rotatable bonds is 5. The van der Waals surface area contributed by atoms with E-state index in [4.69, 9.17) is 0 Å². The summed E-state index contributed by atoms with van der Waals surface area (Å²) >= 11 is 1.60. The summed E-state index contributed by atoms with van der Waals surface area (Å²) in [4.78, 5) is 4.57. The second kappa shape index (κ2) is 7.53. The third-order valence-electron chi connectivity index (χ3n) is 5.08. The van der Waals surface area contributed by atoms with Crippen molar-refractivity contribution in [3.8, 4) is 0 Å². The molecule has 3 aromatic carbocycles. The minimum Gasteiger partial charge on any atom is -0.342 e. The van der Waals surface area contributed by atoms with Crippen molar-refractivity contribution >= 4 is 43.8 Å². The smallest absolute Gasteiger partial charge is 0.204 e. The fraction of sp³-hybridized carbons (Fsp3) is 0.0833. The summed E-state index contributed by atoms with van der Waals surface area (Å²) in [6.45, 7) is 3.00. The molecular formula is C24H20N4S. The van der Waals surface area contributed by atoms with Gasteiger partial charge in [-0.05, 0) is 36.2 Å². The van der Waals surface area contributed by atoms with Crippen LogP contribution < -0.4 is 5.43 Å². The van der Waals surface area contributed by atoms with Gasteiger partial charge in [-0.1, -0.05) is 65.9 Å². The zero-order valence-electron chi connectivity index (χ0n) is 16.0. The number of anilines is 1. The van der Waals surface area contributed by atoms with Gasteiger partial charge in [-0.3, -0.25) is 5.43 Å². The minimum atomic E-state index is 0.797. The molecule has 1 N–H and O–H groups in total. The van der Waals surface area contributed by atoms with E-state index >= 15 is 0 Å². The number of hydrogen-bond acceptors (Lipinski definition) is 4. The topological polar surface area (TPSA) is 42.2 Å². The molecule has 2 aromatic heterocycles. The van der Waals surface area contributed by atoms with E-state index in [1.165, 1.54) is 22.0 Å². The van der Waals surface area contributed by atoms with E-state index in [1.54, 1.807) is 11.3 Å². The molecule has 0 aliphatic rings. The highest BCUT2D eigenvalue weighted by Gasteiger charge is 2.08. The highest BCUT2D eigenvalue weighted by Crippen LogP contribution is 2.26. The Hall–Kier alpha value is -3.44. The molecule has 0 aliphatic carbocycles. The van der Waals surface area contributed by atoms with Crippen LogP contribution in [0.4, 0.5) is 5.13 Å². The number of nitrogens with zero attached hydrogens (tertiary/aromatic N) is 3. The summed E-state index contributed by atoms with van der Waals surface area (Å²) in [5.74, 6) is 0. The Kier molecular flexibility index (Phi) is 4.58. The van der Waals surface area contributed by atoms with Crippen molar-refractivity contribution < 1.29 is 0 Å². The van der Waals surface area contributed by atoms with Crippen molar-refractivity contribution in [2.24, 2.45) is 5.10 Å². The summed E-state index contributed by atoms with van der Waals surface area (Å²) < 4.78 is 3.44. The second-order valence-electron chi connectivity index (χ2n) is 7.01. The van der Waals surface area contributed by atoms with Gasteiger partial charge in [0.25, 0.3) is 0 Å². The first-order valence-electron chi connectivity index (χ1n) is 9.55. The Bertz CT molecular complexity index is 1300. The van der Waals surface area contributed by atoms with Gasteiger partial charge in [0.1, 0.15) is 0 Å². The van der Waals surface area contributed by atoms with Gasteiger partial charge in [-0.25, -0.2) is 4.98 Å². The van der Waals surface area contributed by atoms with Crippen LogP contribution in [0.1, 0.15) is 16.7 Å². The second-order valence-corrected chi connectivity index (χ2v) is 8.04. The third-order valence-corrected chi connectivity index (χ3v) is 6.02. The average molecular weight is 397 g/mol. The predicted octanol–water partition coefficient (Wildman–Crippen LogP) is 6.05. The number of para-hydroxylation sites is 2. The molecule has 0 spiro atoms. The van der Waals surface area contributed by atoms with Gasteiger partial charge < -0.3 is 4.57 Å². The SMILES string of the molecule is Cc1ccccc1Cn1cc(/C=N\Nc2nc3ccccc3s2)c2ccccc21. The Balaban J connectivity index is 1.44. The van der Waals surface area contributed by atoms with Gasteiger partial charge in [0.15, 0.2) is 0 Å². The number of thiazole rings is 1. The van der Waals surface area contributed by atoms with E-state index in [9.17, 15) is 0 Å². The molecule has 5 rings (SSSR count). The summed E-state index contributed by atoms with van der Waals surface area (Å²) in [6.07, 6.45) is 4.05. The van der Waals surface area contributed by atoms with Crippen LogP contribution in [0, 0.1) is 6.92 Å². The van der Waals surface area contributed by atoms with Gasteiger partial charge in [-0.15, -0.1) is 0 Å². The van der Waals surface area contributed by atoms with Crippen molar-refractivity contribution in [2.75, 3.05) is 5.43 Å². The number of aromatic nitrogens is 2. The lowest BCUT2D eigenvalue weighted by Crippen LogP contribution is -1.99. The highest BCUT2D eigenvalue weighted by molar-refractivity contribution is 7.22. The molecule has 0 unspecified atom stereocenters. The lowest BCUT2D eigenvalue weighted by atomic mass is 10.1. The number of fused-ring (bicyclic) bond motifs is 2. The Morgan fingerprint density at radius 2 is 1.79 bits per heavy atom. The zero-order valence-corrected chi connectivity index (χ0v) is 16.9. The number of benzene rings is 3. The zero-order chi connectivity index (χ0) is 19.6. The first-order valence-corrected chi connectivity index (χ1v) is 10.4. The van der Waals surface area contributed by atoms with E-state index in [-0.39, 0.29) is 0 Å². The van der Waals surface area contributed by atoms with E-state index in [1.807, 2.05) is 24.4 Å². The van der Waals surface area contributed by atoms with Crippen LogP contribution in [-0.4, -0.2) is 15.8 Å². The standard InChI is InChI=1S/C24H20N4S/c1-17-8-2-3-9-18(17)15-28-16-19(20-10-4-6-12-22(20)28)14-25-27-24-26-21-11-5-7-13-23(21)29-24/h2-14,16H,15H2,1H3,(H,26,27)/b25-14-. The molecule has 0 amide bonds. The lowest BCUT2D eigenvalue weighted by Gasteiger charge is -2.08. The maximum Gasteiger partial charge on any atom is 0.204 e. The van der Waals surface area contributed by atoms with Crippen LogP contribution in [0.2, 0.25) is 0 Å². The summed E-state index contributed by atoms with van der Waals surface area (Å²) in [5, 5.41) is 6.44. The number of hydrogen-bond donors (Lipinski definition) is 1. The molecule has 0 radical (unpaired) electrons. The molecule has 4 nitrogen and oxygen atoms in total. The predicted molar refractivity (Wildman–Crippen MR) is 123 cm³/mol. The van der Waals surface area contributed by atoms with Gasteiger partial charge >= 0.3 is 0 Å². The fourth-order valence-electron chi connectivity index (χ4n) is 3.56. The van der Waals surface area contributed by atoms with Crippen LogP contribution in [0.25, 0.3) is 21.1 Å². The summed E-state index contributed by atoms with van der Waals surface area (Å²) in [7, 11) is 0. The largest absolute Gasteiger partial charge is 0.342 e. The van der Waals surface area contributed by atoms with Crippen molar-refractivity contribution in [3.05, 3.63) is 95.7 Å². The fourth-order valence-corrected chi connectivity index (χ4v) is 4.37. The monoisotopic (exact) mass is 396 g/mol. The molecule has 5 heteroatoms. The van der Waals surface area contributed by atoms with E-state index in [2.05, 4.69) is 87.8 Å². The van der Waals surface area contributed by atoms with Crippen molar-refractivity contribution in [1.82, 2.24) is 9.55 Å². The maximum atomic E-state index is 4.57. The minimum absolute atomic E-state index is 0.797. The van der Waals surface area contributed by atoms with Crippen molar-refractivity contribution in [3.63, 3.8) is 0 Å². The number of nitrogens with one attached hydrogen (secondary N) is 1. The normalized spacial score (nSPS) is 11.6. The van der Waals surface area contributed by atoms with Crippen LogP contribution in [0.15, 0.2) is 84.1 Å². The van der Waals surface area contributed by atoms with E-state index in [0.29, 0.717) is 0 Å². The van der Waals surface area contributed by atoms with Gasteiger partial charge in [0, 0.05) is 29.2 Å². The number of hydrazone groups is 1. The Morgan fingerprint density at radius 3 is 2.69 bits per heavy atom. The van der Waals surface area contributed by atoms with Gasteiger partial charge in [0.05, 0.1) is 16.4 Å². The Morgan fingerprint density at radius 1 is 1.00 bits per heavy atom. The molecule has 0 saturated heterocycles. The molecule has 0 aliphatic heterocycles. The van der Waals surface area contributed by atoms with Crippen LogP contribution in [-0.2, 0) is 6.54 Å². The molecule has 0 atom stereocenters. The number of aryl methyl sites for hydroxylation is 1. The average Bonchev–Trinajstić information content (AvgIpc) is 3.31.